The van der Waals surface area contributed by atoms with Crippen LogP contribution in [0, 0.1) is 40.4 Å². The highest BCUT2D eigenvalue weighted by atomic mass is 16.7. The average molecular weight is 405 g/mol. The molecule has 0 N–H and O–H groups in total. The van der Waals surface area contributed by atoms with Crippen molar-refractivity contribution in [3.63, 3.8) is 0 Å². The quantitative estimate of drug-likeness (QED) is 0.583. The lowest BCUT2D eigenvalue weighted by molar-refractivity contribution is -0.142. The van der Waals surface area contributed by atoms with Gasteiger partial charge in [-0.05, 0) is 85.5 Å². The molecule has 4 aliphatic carbocycles. The van der Waals surface area contributed by atoms with E-state index in [2.05, 4.69) is 26.8 Å². The van der Waals surface area contributed by atoms with Crippen LogP contribution in [0.25, 0.3) is 0 Å². The first-order valence-electron chi connectivity index (χ1n) is 11.7. The van der Waals surface area contributed by atoms with Gasteiger partial charge in [0.25, 0.3) is 0 Å². The van der Waals surface area contributed by atoms with E-state index in [4.69, 9.17) is 14.2 Å². The summed E-state index contributed by atoms with van der Waals surface area (Å²) in [5, 5.41) is 0. The van der Waals surface area contributed by atoms with Crippen molar-refractivity contribution in [1.29, 1.82) is 0 Å². The maximum absolute atomic E-state index is 13.3. The van der Waals surface area contributed by atoms with Crippen LogP contribution in [0.4, 0.5) is 0 Å². The van der Waals surface area contributed by atoms with Gasteiger partial charge in [0.2, 0.25) is 0 Å². The fourth-order valence-electron chi connectivity index (χ4n) is 8.00. The Balaban J connectivity index is 1.58. The van der Waals surface area contributed by atoms with E-state index in [1.807, 2.05) is 7.11 Å². The van der Waals surface area contributed by atoms with Crippen molar-refractivity contribution in [1.82, 2.24) is 0 Å². The Morgan fingerprint density at radius 1 is 1.00 bits per heavy atom. The number of allylic oxidation sites excluding steroid dienone is 2. The predicted molar refractivity (Wildman–Crippen MR) is 113 cm³/mol. The lowest BCUT2D eigenvalue weighted by Crippen LogP contribution is -2.53. The van der Waals surface area contributed by atoms with Gasteiger partial charge in [0.05, 0.1) is 6.10 Å². The minimum absolute atomic E-state index is 0.103. The smallest absolute Gasteiger partial charge is 0.159 e. The lowest BCUT2D eigenvalue weighted by atomic mass is 9.47. The lowest BCUT2D eigenvalue weighted by Gasteiger charge is -2.57. The molecule has 0 aromatic rings. The molecule has 0 aromatic carbocycles. The molecule has 0 bridgehead atoms. The van der Waals surface area contributed by atoms with Crippen LogP contribution in [-0.2, 0) is 19.0 Å². The van der Waals surface area contributed by atoms with Crippen molar-refractivity contribution in [2.45, 2.75) is 71.8 Å². The van der Waals surface area contributed by atoms with E-state index < -0.39 is 0 Å². The Morgan fingerprint density at radius 2 is 1.72 bits per heavy atom. The van der Waals surface area contributed by atoms with Crippen LogP contribution in [0.15, 0.2) is 11.6 Å². The largest absolute Gasteiger partial charge is 0.384 e. The summed E-state index contributed by atoms with van der Waals surface area (Å²) in [5.74, 6) is 2.91. The highest BCUT2D eigenvalue weighted by molar-refractivity contribution is 5.94. The third-order valence-electron chi connectivity index (χ3n) is 9.47. The molecule has 3 saturated carbocycles. The maximum Gasteiger partial charge on any atom is 0.159 e. The molecular weight excluding hydrogens is 364 g/mol. The summed E-state index contributed by atoms with van der Waals surface area (Å²) in [4.78, 5) is 13.3. The molecule has 8 atom stereocenters. The third-order valence-corrected chi connectivity index (χ3v) is 9.47. The normalized spacial score (nSPS) is 45.2. The number of carbonyl (C=O) groups is 1. The number of hydrogen-bond acceptors (Lipinski definition) is 4. The summed E-state index contributed by atoms with van der Waals surface area (Å²) in [6.45, 7) is 8.44. The van der Waals surface area contributed by atoms with Crippen LogP contribution in [0.1, 0.15) is 65.7 Å². The van der Waals surface area contributed by atoms with Gasteiger partial charge in [-0.25, -0.2) is 0 Å². The number of carbonyl (C=O) groups excluding carboxylic acids is 1. The van der Waals surface area contributed by atoms with E-state index in [1.165, 1.54) is 31.3 Å². The summed E-state index contributed by atoms with van der Waals surface area (Å²) in [6.07, 6.45) is 10.3. The SMILES string of the molecule is COCO[C@H]1CC[C@]2(C)C3CC[C@]4(C)[C@@H](C(C)COC)CC[C@H]4C3=CC(=O)[C@H]2C1. The Labute approximate surface area is 176 Å². The zero-order valence-electron chi connectivity index (χ0n) is 19.0. The van der Waals surface area contributed by atoms with Crippen LogP contribution < -0.4 is 0 Å². The Morgan fingerprint density at radius 3 is 2.45 bits per heavy atom. The molecule has 0 radical (unpaired) electrons. The molecule has 0 heterocycles. The molecule has 0 saturated heterocycles. The molecule has 4 rings (SSSR count). The van der Waals surface area contributed by atoms with Crippen molar-refractivity contribution in [3.05, 3.63) is 11.6 Å². The van der Waals surface area contributed by atoms with Crippen LogP contribution in [-0.4, -0.2) is 39.5 Å². The van der Waals surface area contributed by atoms with Crippen LogP contribution >= 0.6 is 0 Å². The van der Waals surface area contributed by atoms with Gasteiger partial charge in [-0.1, -0.05) is 26.3 Å². The van der Waals surface area contributed by atoms with Crippen molar-refractivity contribution in [3.8, 4) is 0 Å². The summed E-state index contributed by atoms with van der Waals surface area (Å²) in [7, 11) is 3.48. The summed E-state index contributed by atoms with van der Waals surface area (Å²) >= 11 is 0. The van der Waals surface area contributed by atoms with Crippen molar-refractivity contribution in [2.24, 2.45) is 40.4 Å². The molecule has 3 fully saturated rings. The number of ketones is 1. The molecular formula is C25H40O4. The molecule has 0 aromatic heterocycles. The van der Waals surface area contributed by atoms with Gasteiger partial charge in [-0.3, -0.25) is 4.79 Å². The van der Waals surface area contributed by atoms with E-state index in [0.717, 1.165) is 25.9 Å². The van der Waals surface area contributed by atoms with E-state index in [0.29, 0.717) is 41.7 Å². The number of fused-ring (bicyclic) bond motifs is 5. The zero-order chi connectivity index (χ0) is 20.8. The van der Waals surface area contributed by atoms with Gasteiger partial charge >= 0.3 is 0 Å². The molecule has 4 aliphatic rings. The predicted octanol–water partition coefficient (Wildman–Crippen LogP) is 5.02. The van der Waals surface area contributed by atoms with Gasteiger partial charge in [0, 0.05) is 26.7 Å². The average Bonchev–Trinajstić information content (AvgIpc) is 3.04. The highest BCUT2D eigenvalue weighted by Crippen LogP contribution is 2.66. The summed E-state index contributed by atoms with van der Waals surface area (Å²) in [6, 6.07) is 0. The first-order chi connectivity index (χ1) is 13.8. The van der Waals surface area contributed by atoms with Crippen molar-refractivity contribution in [2.75, 3.05) is 27.6 Å². The van der Waals surface area contributed by atoms with Gasteiger partial charge in [0.15, 0.2) is 5.78 Å². The van der Waals surface area contributed by atoms with E-state index in [1.54, 1.807) is 7.11 Å². The molecule has 164 valence electrons. The molecule has 2 unspecified atom stereocenters. The van der Waals surface area contributed by atoms with Crippen molar-refractivity contribution >= 4 is 5.78 Å². The topological polar surface area (TPSA) is 44.8 Å². The minimum Gasteiger partial charge on any atom is -0.384 e. The molecule has 0 aliphatic heterocycles. The number of hydrogen-bond donors (Lipinski definition) is 0. The molecule has 29 heavy (non-hydrogen) atoms. The van der Waals surface area contributed by atoms with E-state index in [9.17, 15) is 4.79 Å². The first kappa shape index (κ1) is 21.5. The fourth-order valence-corrected chi connectivity index (χ4v) is 8.00. The van der Waals surface area contributed by atoms with Gasteiger partial charge in [0.1, 0.15) is 6.79 Å². The van der Waals surface area contributed by atoms with E-state index in [-0.39, 0.29) is 17.4 Å². The third kappa shape index (κ3) is 3.43. The Bertz CT molecular complexity index is 657. The monoisotopic (exact) mass is 404 g/mol. The standard InChI is InChI=1S/C25H40O4/c1-16(14-27-4)19-6-7-20-18-13-23(26)22-12-17(29-15-28-5)8-10-25(22,3)21(18)9-11-24(19,20)2/h13,16-17,19-22H,6-12,14-15H2,1-5H3/t16?,17-,19+,20-,21?,22+,24+,25+/m0/s1. The number of rotatable bonds is 6. The number of ether oxygens (including phenoxy) is 3. The number of methoxy groups -OCH3 is 2. The first-order valence-corrected chi connectivity index (χ1v) is 11.7. The molecule has 0 spiro atoms. The highest BCUT2D eigenvalue weighted by Gasteiger charge is 2.59. The molecule has 4 heteroatoms. The summed E-state index contributed by atoms with van der Waals surface area (Å²) in [5.41, 5.74) is 1.93. The second-order valence-electron chi connectivity index (χ2n) is 10.8. The van der Waals surface area contributed by atoms with Gasteiger partial charge < -0.3 is 14.2 Å². The fraction of sp³-hybridized carbons (Fsp3) is 0.880. The van der Waals surface area contributed by atoms with Crippen molar-refractivity contribution < 1.29 is 19.0 Å². The molecule has 0 amide bonds. The second kappa shape index (κ2) is 8.09. The van der Waals surface area contributed by atoms with Gasteiger partial charge in [-0.2, -0.15) is 0 Å². The van der Waals surface area contributed by atoms with Crippen LogP contribution in [0.2, 0.25) is 0 Å². The van der Waals surface area contributed by atoms with Crippen LogP contribution in [0.5, 0.6) is 0 Å². The Kier molecular flexibility index (Phi) is 6.00. The minimum atomic E-state index is 0.103. The molecule has 4 nitrogen and oxygen atoms in total. The van der Waals surface area contributed by atoms with Gasteiger partial charge in [-0.15, -0.1) is 0 Å². The van der Waals surface area contributed by atoms with Crippen LogP contribution in [0.3, 0.4) is 0 Å². The van der Waals surface area contributed by atoms with E-state index >= 15 is 0 Å². The second-order valence-corrected chi connectivity index (χ2v) is 10.8. The Hall–Kier alpha value is -0.710. The summed E-state index contributed by atoms with van der Waals surface area (Å²) < 4.78 is 16.4. The zero-order valence-corrected chi connectivity index (χ0v) is 19.0. The maximum atomic E-state index is 13.3.